The number of aliphatic hydroxyl groups excluding tert-OH is 1. The number of carbonyl (C=O) groups is 1. The maximum atomic E-state index is 11.3. The quantitative estimate of drug-likeness (QED) is 0.544. The van der Waals surface area contributed by atoms with Crippen molar-refractivity contribution in [3.8, 4) is 0 Å². The minimum absolute atomic E-state index is 0.165. The average molecular weight is 394 g/mol. The molecular formula is C25H31NO3. The molecule has 0 radical (unpaired) electrons. The van der Waals surface area contributed by atoms with Gasteiger partial charge in [0, 0.05) is 25.2 Å². The number of hydrogen-bond donors (Lipinski definition) is 1. The summed E-state index contributed by atoms with van der Waals surface area (Å²) in [4.78, 5) is 13.7. The molecule has 0 bridgehead atoms. The Labute approximate surface area is 173 Å². The molecule has 1 aliphatic rings. The summed E-state index contributed by atoms with van der Waals surface area (Å²) < 4.78 is 4.66. The normalized spacial score (nSPS) is 15.8. The van der Waals surface area contributed by atoms with Crippen molar-refractivity contribution in [2.45, 2.75) is 39.2 Å². The van der Waals surface area contributed by atoms with Gasteiger partial charge in [-0.2, -0.15) is 0 Å². The van der Waals surface area contributed by atoms with Crippen LogP contribution in [-0.4, -0.2) is 42.8 Å². The number of rotatable bonds is 8. The van der Waals surface area contributed by atoms with Crippen LogP contribution in [0.2, 0.25) is 0 Å². The molecule has 3 rings (SSSR count). The third-order valence-electron chi connectivity index (χ3n) is 5.83. The standard InChI is InChI=1S/C25H31NO3/c1-18-4-5-19(2)21(16-18)12-13-26(14-15-27)24-10-8-22-17-20(6-9-23(22)24)7-11-25(28)29-3/h4-7,9,11,16-17,24,27H,8,10,12-15H2,1-3H3/b11-7+. The summed E-state index contributed by atoms with van der Waals surface area (Å²) in [5, 5.41) is 9.64. The van der Waals surface area contributed by atoms with Crippen molar-refractivity contribution in [3.63, 3.8) is 0 Å². The molecule has 0 heterocycles. The highest BCUT2D eigenvalue weighted by molar-refractivity contribution is 5.86. The van der Waals surface area contributed by atoms with Gasteiger partial charge in [-0.1, -0.05) is 42.0 Å². The Morgan fingerprint density at radius 1 is 1.21 bits per heavy atom. The van der Waals surface area contributed by atoms with Crippen molar-refractivity contribution >= 4 is 12.0 Å². The van der Waals surface area contributed by atoms with Crippen LogP contribution >= 0.6 is 0 Å². The zero-order valence-corrected chi connectivity index (χ0v) is 17.6. The highest BCUT2D eigenvalue weighted by atomic mass is 16.5. The fraction of sp³-hybridized carbons (Fsp3) is 0.400. The van der Waals surface area contributed by atoms with Crippen LogP contribution in [0.5, 0.6) is 0 Å². The number of hydrogen-bond acceptors (Lipinski definition) is 4. The Morgan fingerprint density at radius 3 is 2.79 bits per heavy atom. The molecular weight excluding hydrogens is 362 g/mol. The Balaban J connectivity index is 1.74. The Bertz CT molecular complexity index is 888. The van der Waals surface area contributed by atoms with E-state index in [1.807, 2.05) is 0 Å². The number of methoxy groups -OCH3 is 1. The largest absolute Gasteiger partial charge is 0.466 e. The van der Waals surface area contributed by atoms with E-state index in [1.54, 1.807) is 6.08 Å². The number of ether oxygens (including phenoxy) is 1. The van der Waals surface area contributed by atoms with Gasteiger partial charge in [0.25, 0.3) is 0 Å². The zero-order valence-electron chi connectivity index (χ0n) is 17.6. The zero-order chi connectivity index (χ0) is 20.8. The fourth-order valence-corrected chi connectivity index (χ4v) is 4.22. The number of benzene rings is 2. The summed E-state index contributed by atoms with van der Waals surface area (Å²) in [6.07, 6.45) is 6.32. The van der Waals surface area contributed by atoms with Gasteiger partial charge in [0.05, 0.1) is 13.7 Å². The Hall–Kier alpha value is -2.43. The van der Waals surface area contributed by atoms with E-state index >= 15 is 0 Å². The molecule has 0 fully saturated rings. The molecule has 0 saturated carbocycles. The lowest BCUT2D eigenvalue weighted by atomic mass is 10.0. The first-order valence-corrected chi connectivity index (χ1v) is 10.3. The molecule has 1 N–H and O–H groups in total. The Kier molecular flexibility index (Phi) is 7.24. The molecule has 0 aliphatic heterocycles. The van der Waals surface area contributed by atoms with Crippen LogP contribution < -0.4 is 0 Å². The summed E-state index contributed by atoms with van der Waals surface area (Å²) in [6.45, 7) is 6.07. The van der Waals surface area contributed by atoms with Gasteiger partial charge in [-0.3, -0.25) is 4.90 Å². The van der Waals surface area contributed by atoms with E-state index in [-0.39, 0.29) is 12.6 Å². The van der Waals surface area contributed by atoms with E-state index < -0.39 is 0 Å². The van der Waals surface area contributed by atoms with E-state index in [4.69, 9.17) is 0 Å². The first-order valence-electron chi connectivity index (χ1n) is 10.3. The second-order valence-electron chi connectivity index (χ2n) is 7.81. The number of aryl methyl sites for hydroxylation is 3. The molecule has 0 amide bonds. The highest BCUT2D eigenvalue weighted by Crippen LogP contribution is 2.36. The van der Waals surface area contributed by atoms with Gasteiger partial charge in [0.1, 0.15) is 0 Å². The first-order chi connectivity index (χ1) is 14.0. The van der Waals surface area contributed by atoms with Gasteiger partial charge in [0.2, 0.25) is 0 Å². The van der Waals surface area contributed by atoms with Gasteiger partial charge in [-0.25, -0.2) is 4.79 Å². The van der Waals surface area contributed by atoms with Crippen LogP contribution in [0.4, 0.5) is 0 Å². The van der Waals surface area contributed by atoms with Crippen LogP contribution in [0.3, 0.4) is 0 Å². The molecule has 154 valence electrons. The van der Waals surface area contributed by atoms with E-state index in [0.717, 1.165) is 31.4 Å². The van der Waals surface area contributed by atoms with Crippen LogP contribution in [0.1, 0.15) is 45.8 Å². The predicted octanol–water partition coefficient (Wildman–Crippen LogP) is 4.01. The van der Waals surface area contributed by atoms with E-state index in [0.29, 0.717) is 12.6 Å². The van der Waals surface area contributed by atoms with Gasteiger partial charge in [-0.15, -0.1) is 0 Å². The number of aliphatic hydroxyl groups is 1. The molecule has 1 atom stereocenters. The van der Waals surface area contributed by atoms with E-state index in [1.165, 1.54) is 41.0 Å². The van der Waals surface area contributed by atoms with Crippen LogP contribution in [0.15, 0.2) is 42.5 Å². The Morgan fingerprint density at radius 2 is 2.03 bits per heavy atom. The predicted molar refractivity (Wildman–Crippen MR) is 117 cm³/mol. The lowest BCUT2D eigenvalue weighted by Gasteiger charge is -2.29. The maximum Gasteiger partial charge on any atom is 0.330 e. The number of carbonyl (C=O) groups excluding carboxylic acids is 1. The molecule has 2 aromatic carbocycles. The van der Waals surface area contributed by atoms with Crippen LogP contribution in [0.25, 0.3) is 6.08 Å². The minimum atomic E-state index is -0.344. The molecule has 1 unspecified atom stereocenters. The van der Waals surface area contributed by atoms with Crippen molar-refractivity contribution in [3.05, 3.63) is 75.9 Å². The third-order valence-corrected chi connectivity index (χ3v) is 5.83. The lowest BCUT2D eigenvalue weighted by Crippen LogP contribution is -2.32. The van der Waals surface area contributed by atoms with Gasteiger partial charge < -0.3 is 9.84 Å². The molecule has 0 saturated heterocycles. The summed E-state index contributed by atoms with van der Waals surface area (Å²) in [5.41, 5.74) is 7.69. The average Bonchev–Trinajstić information content (AvgIpc) is 3.14. The van der Waals surface area contributed by atoms with Crippen molar-refractivity contribution < 1.29 is 14.6 Å². The topological polar surface area (TPSA) is 49.8 Å². The highest BCUT2D eigenvalue weighted by Gasteiger charge is 2.27. The van der Waals surface area contributed by atoms with E-state index in [2.05, 4.69) is 59.9 Å². The second kappa shape index (κ2) is 9.86. The molecule has 0 spiro atoms. The molecule has 1 aliphatic carbocycles. The molecule has 4 heteroatoms. The van der Waals surface area contributed by atoms with Crippen molar-refractivity contribution in [2.75, 3.05) is 26.8 Å². The summed E-state index contributed by atoms with van der Waals surface area (Å²) in [7, 11) is 1.38. The summed E-state index contributed by atoms with van der Waals surface area (Å²) in [6, 6.07) is 13.3. The van der Waals surface area contributed by atoms with Crippen molar-refractivity contribution in [2.24, 2.45) is 0 Å². The smallest absolute Gasteiger partial charge is 0.330 e. The van der Waals surface area contributed by atoms with Crippen molar-refractivity contribution in [1.82, 2.24) is 4.90 Å². The van der Waals surface area contributed by atoms with Crippen LogP contribution in [0, 0.1) is 13.8 Å². The molecule has 29 heavy (non-hydrogen) atoms. The molecule has 0 aromatic heterocycles. The lowest BCUT2D eigenvalue weighted by molar-refractivity contribution is -0.134. The molecule has 4 nitrogen and oxygen atoms in total. The number of fused-ring (bicyclic) bond motifs is 1. The maximum absolute atomic E-state index is 11.3. The monoisotopic (exact) mass is 393 g/mol. The summed E-state index contributed by atoms with van der Waals surface area (Å²) in [5.74, 6) is -0.344. The van der Waals surface area contributed by atoms with Gasteiger partial charge >= 0.3 is 5.97 Å². The second-order valence-corrected chi connectivity index (χ2v) is 7.81. The fourth-order valence-electron chi connectivity index (χ4n) is 4.22. The SMILES string of the molecule is COC(=O)/C=C/c1ccc2c(c1)CCC2N(CCO)CCc1cc(C)ccc1C. The minimum Gasteiger partial charge on any atom is -0.466 e. The number of esters is 1. The molecule has 2 aromatic rings. The van der Waals surface area contributed by atoms with Crippen molar-refractivity contribution in [1.29, 1.82) is 0 Å². The van der Waals surface area contributed by atoms with Gasteiger partial charge in [0.15, 0.2) is 0 Å². The van der Waals surface area contributed by atoms with Gasteiger partial charge in [-0.05, 0) is 67.0 Å². The number of nitrogens with zero attached hydrogens (tertiary/aromatic N) is 1. The first kappa shape index (κ1) is 21.3. The van der Waals surface area contributed by atoms with Crippen LogP contribution in [-0.2, 0) is 22.4 Å². The summed E-state index contributed by atoms with van der Waals surface area (Å²) >= 11 is 0. The third kappa shape index (κ3) is 5.34. The van der Waals surface area contributed by atoms with E-state index in [9.17, 15) is 9.90 Å².